The van der Waals surface area contributed by atoms with Gasteiger partial charge in [-0.15, -0.1) is 0 Å². The Morgan fingerprint density at radius 1 is 1.08 bits per heavy atom. The molecule has 0 spiro atoms. The summed E-state index contributed by atoms with van der Waals surface area (Å²) < 4.78 is 3.61. The summed E-state index contributed by atoms with van der Waals surface area (Å²) in [4.78, 5) is 20.3. The number of hydrogen-bond donors (Lipinski definition) is 0. The van der Waals surface area contributed by atoms with E-state index in [1.807, 2.05) is 49.0 Å². The van der Waals surface area contributed by atoms with Crippen LogP contribution in [0.25, 0.3) is 5.69 Å². The van der Waals surface area contributed by atoms with E-state index >= 15 is 0 Å². The van der Waals surface area contributed by atoms with E-state index in [9.17, 15) is 4.79 Å². The molecular weight excluding hydrogens is 324 g/mol. The second-order valence-electron chi connectivity index (χ2n) is 7.59. The second kappa shape index (κ2) is 7.23. The molecule has 138 valence electrons. The fourth-order valence-electron chi connectivity index (χ4n) is 4.55. The minimum absolute atomic E-state index is 0.0382. The van der Waals surface area contributed by atoms with Gasteiger partial charge in [-0.05, 0) is 57.8 Å². The molecular formula is C21H28N4O. The Balaban J connectivity index is 1.64. The summed E-state index contributed by atoms with van der Waals surface area (Å²) in [7, 11) is 1.92. The summed E-state index contributed by atoms with van der Waals surface area (Å²) in [5.41, 5.74) is 2.32. The van der Waals surface area contributed by atoms with E-state index in [0.717, 1.165) is 11.4 Å². The number of hydrogen-bond acceptors (Lipinski definition) is 3. The highest BCUT2D eigenvalue weighted by Gasteiger charge is 2.32. The molecule has 1 aromatic carbocycles. The zero-order chi connectivity index (χ0) is 18.1. The van der Waals surface area contributed by atoms with E-state index in [2.05, 4.69) is 11.1 Å². The molecule has 2 aliphatic heterocycles. The van der Waals surface area contributed by atoms with Gasteiger partial charge < -0.3 is 0 Å². The van der Waals surface area contributed by atoms with E-state index < -0.39 is 0 Å². The quantitative estimate of drug-likeness (QED) is 0.794. The van der Waals surface area contributed by atoms with Crippen molar-refractivity contribution in [1.82, 2.24) is 14.3 Å². The summed E-state index contributed by atoms with van der Waals surface area (Å²) in [6.45, 7) is 4.42. The molecule has 0 radical (unpaired) electrons. The SMILES string of the molecule is Cc1c(N=C[C@@H]2CCCN3CCCC[C@@H]23)c(=O)n(-c2ccccc2)n1C. The van der Waals surface area contributed by atoms with Crippen LogP contribution in [0.4, 0.5) is 5.69 Å². The van der Waals surface area contributed by atoms with Gasteiger partial charge in [0.25, 0.3) is 5.56 Å². The molecule has 2 saturated heterocycles. The lowest BCUT2D eigenvalue weighted by Crippen LogP contribution is -2.48. The molecule has 0 saturated carbocycles. The molecule has 2 atom stereocenters. The van der Waals surface area contributed by atoms with Crippen molar-refractivity contribution in [2.75, 3.05) is 13.1 Å². The number of benzene rings is 1. The molecule has 4 rings (SSSR count). The van der Waals surface area contributed by atoms with E-state index in [1.54, 1.807) is 4.68 Å². The van der Waals surface area contributed by atoms with Gasteiger partial charge in [-0.2, -0.15) is 0 Å². The first-order valence-electron chi connectivity index (χ1n) is 9.79. The molecule has 0 N–H and O–H groups in total. The fraction of sp³-hybridized carbons (Fsp3) is 0.524. The zero-order valence-corrected chi connectivity index (χ0v) is 15.8. The number of aromatic nitrogens is 2. The Labute approximate surface area is 154 Å². The van der Waals surface area contributed by atoms with Gasteiger partial charge in [0.1, 0.15) is 0 Å². The highest BCUT2D eigenvalue weighted by molar-refractivity contribution is 5.67. The van der Waals surface area contributed by atoms with Crippen molar-refractivity contribution in [3.63, 3.8) is 0 Å². The van der Waals surface area contributed by atoms with Crippen molar-refractivity contribution < 1.29 is 0 Å². The van der Waals surface area contributed by atoms with E-state index in [0.29, 0.717) is 17.6 Å². The van der Waals surface area contributed by atoms with Gasteiger partial charge in [0.15, 0.2) is 5.69 Å². The van der Waals surface area contributed by atoms with Gasteiger partial charge >= 0.3 is 0 Å². The van der Waals surface area contributed by atoms with E-state index in [4.69, 9.17) is 4.99 Å². The first-order valence-corrected chi connectivity index (χ1v) is 9.79. The lowest BCUT2D eigenvalue weighted by molar-refractivity contribution is 0.0870. The maximum absolute atomic E-state index is 13.0. The van der Waals surface area contributed by atoms with Crippen LogP contribution in [0.2, 0.25) is 0 Å². The highest BCUT2D eigenvalue weighted by atomic mass is 16.1. The predicted octanol–water partition coefficient (Wildman–Crippen LogP) is 3.45. The van der Waals surface area contributed by atoms with Crippen LogP contribution in [0, 0.1) is 12.8 Å². The molecule has 2 fully saturated rings. The average molecular weight is 352 g/mol. The Bertz CT molecular complexity index is 847. The van der Waals surface area contributed by atoms with Crippen molar-refractivity contribution in [2.24, 2.45) is 18.0 Å². The fourth-order valence-corrected chi connectivity index (χ4v) is 4.55. The minimum Gasteiger partial charge on any atom is -0.300 e. The van der Waals surface area contributed by atoms with Crippen LogP contribution in [0.3, 0.4) is 0 Å². The van der Waals surface area contributed by atoms with Crippen molar-refractivity contribution in [3.8, 4) is 5.69 Å². The molecule has 0 amide bonds. The summed E-state index contributed by atoms with van der Waals surface area (Å²) in [6.07, 6.45) is 8.38. The van der Waals surface area contributed by atoms with Gasteiger partial charge in [0.2, 0.25) is 0 Å². The first kappa shape index (κ1) is 17.3. The highest BCUT2D eigenvalue weighted by Crippen LogP contribution is 2.30. The van der Waals surface area contributed by atoms with E-state index in [1.165, 1.54) is 45.2 Å². The maximum atomic E-state index is 13.0. The van der Waals surface area contributed by atoms with Crippen molar-refractivity contribution in [2.45, 2.75) is 45.1 Å². The lowest BCUT2D eigenvalue weighted by atomic mass is 9.84. The molecule has 5 heteroatoms. The van der Waals surface area contributed by atoms with Crippen LogP contribution >= 0.6 is 0 Å². The number of para-hydroxylation sites is 1. The molecule has 0 bridgehead atoms. The molecule has 0 unspecified atom stereocenters. The Kier molecular flexibility index (Phi) is 4.81. The average Bonchev–Trinajstić information content (AvgIpc) is 2.89. The normalized spacial score (nSPS) is 24.1. The zero-order valence-electron chi connectivity index (χ0n) is 15.8. The van der Waals surface area contributed by atoms with Gasteiger partial charge in [-0.1, -0.05) is 24.6 Å². The van der Waals surface area contributed by atoms with Gasteiger partial charge in [0, 0.05) is 25.2 Å². The van der Waals surface area contributed by atoms with E-state index in [-0.39, 0.29) is 5.56 Å². The van der Waals surface area contributed by atoms with Gasteiger partial charge in [-0.3, -0.25) is 19.4 Å². The molecule has 0 aliphatic carbocycles. The minimum atomic E-state index is -0.0382. The van der Waals surface area contributed by atoms with Crippen molar-refractivity contribution in [1.29, 1.82) is 0 Å². The second-order valence-corrected chi connectivity index (χ2v) is 7.59. The molecule has 2 aromatic rings. The van der Waals surface area contributed by atoms with Crippen molar-refractivity contribution in [3.05, 3.63) is 46.4 Å². The standard InChI is InChI=1S/C21H28N4O/c1-16-20(21(26)25(23(16)2)18-10-4-3-5-11-18)22-15-17-9-8-14-24-13-7-6-12-19(17)24/h3-5,10-11,15,17,19H,6-9,12-14H2,1-2H3/t17-,19-/m0/s1. The summed E-state index contributed by atoms with van der Waals surface area (Å²) in [5.74, 6) is 0.466. The number of rotatable bonds is 3. The molecule has 2 aliphatic rings. The van der Waals surface area contributed by atoms with Crippen LogP contribution in [-0.4, -0.2) is 39.6 Å². The third-order valence-electron chi connectivity index (χ3n) is 6.06. The largest absolute Gasteiger partial charge is 0.300 e. The number of piperidine rings is 2. The lowest BCUT2D eigenvalue weighted by Gasteiger charge is -2.43. The molecule has 1 aromatic heterocycles. The Morgan fingerprint density at radius 3 is 2.65 bits per heavy atom. The van der Waals surface area contributed by atoms with Crippen LogP contribution in [0.15, 0.2) is 40.1 Å². The van der Waals surface area contributed by atoms with Crippen LogP contribution < -0.4 is 5.56 Å². The monoisotopic (exact) mass is 352 g/mol. The number of fused-ring (bicyclic) bond motifs is 1. The van der Waals surface area contributed by atoms with Gasteiger partial charge in [0.05, 0.1) is 11.4 Å². The third kappa shape index (κ3) is 3.05. The Morgan fingerprint density at radius 2 is 1.85 bits per heavy atom. The van der Waals surface area contributed by atoms with Crippen molar-refractivity contribution >= 4 is 11.9 Å². The smallest absolute Gasteiger partial charge is 0.297 e. The molecule has 26 heavy (non-hydrogen) atoms. The topological polar surface area (TPSA) is 42.5 Å². The van der Waals surface area contributed by atoms with Gasteiger partial charge in [-0.25, -0.2) is 4.68 Å². The maximum Gasteiger partial charge on any atom is 0.297 e. The Hall–Kier alpha value is -2.14. The number of nitrogens with zero attached hydrogens (tertiary/aromatic N) is 4. The van der Waals surface area contributed by atoms with Crippen LogP contribution in [0.1, 0.15) is 37.8 Å². The predicted molar refractivity (Wildman–Crippen MR) is 106 cm³/mol. The molecule has 5 nitrogen and oxygen atoms in total. The summed E-state index contributed by atoms with van der Waals surface area (Å²) in [5, 5.41) is 0. The molecule has 3 heterocycles. The van der Waals surface area contributed by atoms with Crippen LogP contribution in [0.5, 0.6) is 0 Å². The number of aliphatic imine (C=N–C) groups is 1. The summed E-state index contributed by atoms with van der Waals surface area (Å²) in [6, 6.07) is 10.4. The van der Waals surface area contributed by atoms with Crippen LogP contribution in [-0.2, 0) is 7.05 Å². The first-order chi connectivity index (χ1) is 12.7. The summed E-state index contributed by atoms with van der Waals surface area (Å²) >= 11 is 0. The third-order valence-corrected chi connectivity index (χ3v) is 6.06.